The van der Waals surface area contributed by atoms with Gasteiger partial charge in [0.05, 0.1) is 10.9 Å². The number of aromatic nitrogens is 3. The average molecular weight is 360 g/mol. The molecule has 0 amide bonds. The molecule has 2 aromatic carbocycles. The van der Waals surface area contributed by atoms with E-state index in [1.807, 2.05) is 66.7 Å². The lowest BCUT2D eigenvalue weighted by atomic mass is 10.2. The maximum absolute atomic E-state index is 13.0. The third-order valence-electron chi connectivity index (χ3n) is 3.97. The van der Waals surface area contributed by atoms with Crippen LogP contribution in [-0.4, -0.2) is 14.5 Å². The summed E-state index contributed by atoms with van der Waals surface area (Å²) < 4.78 is 1.52. The van der Waals surface area contributed by atoms with Gasteiger partial charge in [-0.2, -0.15) is 0 Å². The van der Waals surface area contributed by atoms with E-state index in [0.29, 0.717) is 27.6 Å². The van der Waals surface area contributed by atoms with Gasteiger partial charge in [0, 0.05) is 11.2 Å². The molecule has 0 saturated heterocycles. The molecule has 0 atom stereocenters. The maximum atomic E-state index is 13.0. The van der Waals surface area contributed by atoms with Crippen LogP contribution >= 0.6 is 11.6 Å². The van der Waals surface area contributed by atoms with Gasteiger partial charge in [0.25, 0.3) is 5.56 Å². The van der Waals surface area contributed by atoms with Crippen molar-refractivity contribution in [2.24, 2.45) is 0 Å². The third kappa shape index (κ3) is 3.15. The summed E-state index contributed by atoms with van der Waals surface area (Å²) in [5, 5.41) is 1.23. The van der Waals surface area contributed by atoms with Gasteiger partial charge in [-0.25, -0.2) is 14.5 Å². The summed E-state index contributed by atoms with van der Waals surface area (Å²) in [4.78, 5) is 22.0. The third-order valence-corrected chi connectivity index (χ3v) is 4.23. The normalized spacial score (nSPS) is 11.3. The highest BCUT2D eigenvalue weighted by Crippen LogP contribution is 2.15. The Kier molecular flexibility index (Phi) is 4.33. The monoisotopic (exact) mass is 359 g/mol. The Bertz CT molecular complexity index is 1150. The summed E-state index contributed by atoms with van der Waals surface area (Å²) in [6.45, 7) is 0. The van der Waals surface area contributed by atoms with Crippen molar-refractivity contribution in [3.63, 3.8) is 0 Å². The molecule has 4 aromatic rings. The zero-order valence-corrected chi connectivity index (χ0v) is 14.5. The van der Waals surface area contributed by atoms with E-state index in [1.54, 1.807) is 18.3 Å². The molecule has 0 aliphatic carbocycles. The molecule has 0 aliphatic heterocycles. The first-order valence-corrected chi connectivity index (χ1v) is 8.47. The Balaban J connectivity index is 1.92. The van der Waals surface area contributed by atoms with Gasteiger partial charge in [0.15, 0.2) is 0 Å². The van der Waals surface area contributed by atoms with E-state index in [0.717, 1.165) is 5.56 Å². The minimum Gasteiger partial charge on any atom is -0.268 e. The maximum Gasteiger partial charge on any atom is 0.267 e. The van der Waals surface area contributed by atoms with Gasteiger partial charge < -0.3 is 0 Å². The molecular formula is C21H14ClN3O. The van der Waals surface area contributed by atoms with Crippen LogP contribution in [0.2, 0.25) is 5.02 Å². The molecule has 126 valence electrons. The lowest BCUT2D eigenvalue weighted by Gasteiger charge is -2.10. The first kappa shape index (κ1) is 16.2. The van der Waals surface area contributed by atoms with Crippen LogP contribution in [0.1, 0.15) is 11.4 Å². The topological polar surface area (TPSA) is 47.8 Å². The smallest absolute Gasteiger partial charge is 0.267 e. The molecule has 4 rings (SSSR count). The molecule has 0 bridgehead atoms. The second-order valence-electron chi connectivity index (χ2n) is 5.70. The number of para-hydroxylation sites is 1. The highest BCUT2D eigenvalue weighted by atomic mass is 35.5. The van der Waals surface area contributed by atoms with Crippen molar-refractivity contribution in [1.82, 2.24) is 14.5 Å². The Labute approximate surface area is 155 Å². The lowest BCUT2D eigenvalue weighted by molar-refractivity contribution is 0.905. The van der Waals surface area contributed by atoms with Crippen molar-refractivity contribution in [2.75, 3.05) is 0 Å². The predicted octanol–water partition coefficient (Wildman–Crippen LogP) is 4.60. The first-order chi connectivity index (χ1) is 12.7. The summed E-state index contributed by atoms with van der Waals surface area (Å²) in [5.41, 5.74) is 1.47. The fourth-order valence-corrected chi connectivity index (χ4v) is 2.84. The number of benzene rings is 2. The molecule has 0 saturated carbocycles. The van der Waals surface area contributed by atoms with Crippen LogP contribution < -0.4 is 5.56 Å². The first-order valence-electron chi connectivity index (χ1n) is 8.09. The average Bonchev–Trinajstić information content (AvgIpc) is 2.68. The Morgan fingerprint density at radius 3 is 2.42 bits per heavy atom. The predicted molar refractivity (Wildman–Crippen MR) is 106 cm³/mol. The van der Waals surface area contributed by atoms with Crippen LogP contribution in [0.4, 0.5) is 0 Å². The van der Waals surface area contributed by atoms with Crippen LogP contribution in [0.15, 0.2) is 77.7 Å². The van der Waals surface area contributed by atoms with E-state index in [-0.39, 0.29) is 5.56 Å². The fraction of sp³-hybridized carbons (Fsp3) is 0. The minimum atomic E-state index is -0.148. The summed E-state index contributed by atoms with van der Waals surface area (Å²) in [5.74, 6) is 1.05. The SMILES string of the molecule is O=c1c2ccccc2nc(/C=C/c2ccc(Cl)cc2)n1-c1ccccn1. The largest absolute Gasteiger partial charge is 0.268 e. The van der Waals surface area contributed by atoms with Crippen molar-refractivity contribution in [3.8, 4) is 5.82 Å². The number of rotatable bonds is 3. The van der Waals surface area contributed by atoms with Crippen molar-refractivity contribution in [3.05, 3.63) is 99.7 Å². The fourth-order valence-electron chi connectivity index (χ4n) is 2.71. The van der Waals surface area contributed by atoms with Crippen LogP contribution in [0, 0.1) is 0 Å². The molecular weight excluding hydrogens is 346 g/mol. The van der Waals surface area contributed by atoms with Gasteiger partial charge in [0.1, 0.15) is 11.6 Å². The summed E-state index contributed by atoms with van der Waals surface area (Å²) in [6.07, 6.45) is 5.36. The van der Waals surface area contributed by atoms with Crippen molar-refractivity contribution >= 4 is 34.7 Å². The Morgan fingerprint density at radius 2 is 1.65 bits per heavy atom. The highest BCUT2D eigenvalue weighted by molar-refractivity contribution is 6.30. The number of pyridine rings is 1. The number of fused-ring (bicyclic) bond motifs is 1. The van der Waals surface area contributed by atoms with E-state index in [4.69, 9.17) is 11.6 Å². The molecule has 26 heavy (non-hydrogen) atoms. The molecule has 5 heteroatoms. The van der Waals surface area contributed by atoms with Gasteiger partial charge in [0.2, 0.25) is 0 Å². The lowest BCUT2D eigenvalue weighted by Crippen LogP contribution is -2.23. The highest BCUT2D eigenvalue weighted by Gasteiger charge is 2.11. The second kappa shape index (κ2) is 6.94. The molecule has 0 fully saturated rings. The van der Waals surface area contributed by atoms with Gasteiger partial charge in [-0.15, -0.1) is 0 Å². The minimum absolute atomic E-state index is 0.148. The van der Waals surface area contributed by atoms with Gasteiger partial charge in [-0.1, -0.05) is 48.0 Å². The molecule has 4 nitrogen and oxygen atoms in total. The van der Waals surface area contributed by atoms with Crippen LogP contribution in [-0.2, 0) is 0 Å². The molecule has 0 N–H and O–H groups in total. The standard InChI is InChI=1S/C21H14ClN3O/c22-16-11-8-15(9-12-16)10-13-20-24-18-6-2-1-5-17(18)21(26)25(20)19-7-3-4-14-23-19/h1-14H/b13-10+. The number of hydrogen-bond acceptors (Lipinski definition) is 3. The summed E-state index contributed by atoms with van der Waals surface area (Å²) in [7, 11) is 0. The van der Waals surface area contributed by atoms with Gasteiger partial charge in [-0.3, -0.25) is 4.79 Å². The summed E-state index contributed by atoms with van der Waals surface area (Å²) >= 11 is 5.93. The van der Waals surface area contributed by atoms with E-state index >= 15 is 0 Å². The van der Waals surface area contributed by atoms with E-state index in [2.05, 4.69) is 9.97 Å². The second-order valence-corrected chi connectivity index (χ2v) is 6.14. The van der Waals surface area contributed by atoms with Gasteiger partial charge in [-0.05, 0) is 48.0 Å². The molecule has 0 spiro atoms. The zero-order chi connectivity index (χ0) is 17.9. The quantitative estimate of drug-likeness (QED) is 0.537. The molecule has 2 aromatic heterocycles. The van der Waals surface area contributed by atoms with Crippen LogP contribution in [0.25, 0.3) is 28.9 Å². The van der Waals surface area contributed by atoms with Gasteiger partial charge >= 0.3 is 0 Å². The molecule has 0 unspecified atom stereocenters. The molecule has 0 radical (unpaired) electrons. The van der Waals surface area contributed by atoms with Crippen molar-refractivity contribution in [2.45, 2.75) is 0 Å². The number of nitrogens with zero attached hydrogens (tertiary/aromatic N) is 3. The number of hydrogen-bond donors (Lipinski definition) is 0. The zero-order valence-electron chi connectivity index (χ0n) is 13.7. The Hall–Kier alpha value is -3.24. The van der Waals surface area contributed by atoms with E-state index in [1.165, 1.54) is 4.57 Å². The Morgan fingerprint density at radius 1 is 0.885 bits per heavy atom. The van der Waals surface area contributed by atoms with Crippen LogP contribution in [0.5, 0.6) is 0 Å². The number of halogens is 1. The molecule has 2 heterocycles. The van der Waals surface area contributed by atoms with Crippen molar-refractivity contribution in [1.29, 1.82) is 0 Å². The summed E-state index contributed by atoms with van der Waals surface area (Å²) in [6, 6.07) is 20.2. The van der Waals surface area contributed by atoms with Crippen LogP contribution in [0.3, 0.4) is 0 Å². The van der Waals surface area contributed by atoms with E-state index in [9.17, 15) is 4.79 Å². The molecule has 0 aliphatic rings. The van der Waals surface area contributed by atoms with Crippen molar-refractivity contribution < 1.29 is 0 Å². The van der Waals surface area contributed by atoms with E-state index < -0.39 is 0 Å².